The van der Waals surface area contributed by atoms with Gasteiger partial charge >= 0.3 is 0 Å². The third-order valence-corrected chi connectivity index (χ3v) is 2.61. The second-order valence-electron chi connectivity index (χ2n) is 3.11. The van der Waals surface area contributed by atoms with Crippen LogP contribution in [0.25, 0.3) is 0 Å². The van der Waals surface area contributed by atoms with E-state index in [4.69, 9.17) is 5.14 Å². The summed E-state index contributed by atoms with van der Waals surface area (Å²) < 4.78 is 21.8. The van der Waals surface area contributed by atoms with E-state index >= 15 is 0 Å². The lowest BCUT2D eigenvalue weighted by molar-refractivity contribution is -0.117. The maximum Gasteiger partial charge on any atom is 0.246 e. The molecule has 0 radical (unpaired) electrons. The van der Waals surface area contributed by atoms with Crippen LogP contribution in [0.5, 0.6) is 0 Å². The van der Waals surface area contributed by atoms with Crippen molar-refractivity contribution in [2.24, 2.45) is 5.14 Å². The van der Waals surface area contributed by atoms with Crippen LogP contribution in [0.3, 0.4) is 0 Å². The Morgan fingerprint density at radius 2 is 2.07 bits per heavy atom. The Bertz CT molecular complexity index is 382. The first-order chi connectivity index (χ1) is 6.81. The van der Waals surface area contributed by atoms with Gasteiger partial charge in [0.05, 0.1) is 5.75 Å². The summed E-state index contributed by atoms with van der Waals surface area (Å²) in [5.41, 5.74) is 0.832. The Morgan fingerprint density at radius 3 is 2.40 bits per heavy atom. The highest BCUT2D eigenvalue weighted by molar-refractivity contribution is 7.89. The predicted octanol–water partition coefficient (Wildman–Crippen LogP) is -0.0865. The molecule has 0 bridgehead atoms. The first kappa shape index (κ1) is 13.9. The van der Waals surface area contributed by atoms with Gasteiger partial charge in [-0.25, -0.2) is 13.6 Å². The van der Waals surface area contributed by atoms with Crippen molar-refractivity contribution < 1.29 is 13.2 Å². The van der Waals surface area contributed by atoms with Gasteiger partial charge in [-0.1, -0.05) is 6.08 Å². The second kappa shape index (κ2) is 5.67. The molecule has 3 N–H and O–H groups in total. The molecule has 0 fully saturated rings. The molecule has 5 nitrogen and oxygen atoms in total. The summed E-state index contributed by atoms with van der Waals surface area (Å²) in [7, 11) is -2.14. The van der Waals surface area contributed by atoms with Crippen LogP contribution in [0.1, 0.15) is 13.3 Å². The van der Waals surface area contributed by atoms with Crippen LogP contribution in [0.2, 0.25) is 0 Å². The minimum atomic E-state index is -3.62. The highest BCUT2D eigenvalue weighted by Gasteiger charge is 2.13. The number of hydrogen-bond acceptors (Lipinski definition) is 3. The third-order valence-electron chi connectivity index (χ3n) is 1.86. The Balaban J connectivity index is 5.10. The zero-order valence-electron chi connectivity index (χ0n) is 8.91. The lowest BCUT2D eigenvalue weighted by Gasteiger charge is -2.08. The zero-order valence-corrected chi connectivity index (χ0v) is 9.73. The number of nitrogens with two attached hydrogens (primary N) is 1. The molecule has 0 aromatic carbocycles. The van der Waals surface area contributed by atoms with E-state index in [0.717, 1.165) is 0 Å². The van der Waals surface area contributed by atoms with Crippen molar-refractivity contribution in [2.75, 3.05) is 12.8 Å². The van der Waals surface area contributed by atoms with Crippen molar-refractivity contribution in [1.82, 2.24) is 5.32 Å². The first-order valence-corrected chi connectivity index (χ1v) is 6.05. The number of rotatable bonds is 5. The predicted molar refractivity (Wildman–Crippen MR) is 59.6 cm³/mol. The normalized spacial score (nSPS) is 13.0. The Kier molecular flexibility index (Phi) is 5.24. The Hall–Kier alpha value is -1.14. The largest absolute Gasteiger partial charge is 0.355 e. The molecule has 0 aromatic heterocycles. The SMILES string of the molecule is C=CC/C(CS(N)(=O)=O)=C(/C)C(=O)NC. The Morgan fingerprint density at radius 1 is 1.53 bits per heavy atom. The fourth-order valence-electron chi connectivity index (χ4n) is 1.09. The molecule has 6 heteroatoms. The number of likely N-dealkylation sites (N-methyl/N-ethyl adjacent to an activating group) is 1. The van der Waals surface area contributed by atoms with Crippen LogP contribution < -0.4 is 10.5 Å². The summed E-state index contributed by atoms with van der Waals surface area (Å²) in [6.07, 6.45) is 1.86. The first-order valence-electron chi connectivity index (χ1n) is 4.34. The standard InChI is InChI=1S/C9H16N2O3S/c1-4-5-8(6-15(10,13)14)7(2)9(12)11-3/h4H,1,5-6H2,2-3H3,(H,11,12)(H2,10,13,14)/b8-7+. The number of carbonyl (C=O) groups is 1. The molecular formula is C9H16N2O3S. The van der Waals surface area contributed by atoms with Gasteiger partial charge < -0.3 is 5.32 Å². The lowest BCUT2D eigenvalue weighted by Crippen LogP contribution is -2.24. The second-order valence-corrected chi connectivity index (χ2v) is 4.72. The number of carbonyl (C=O) groups excluding carboxylic acids is 1. The lowest BCUT2D eigenvalue weighted by atomic mass is 10.1. The van der Waals surface area contributed by atoms with Gasteiger partial charge in [0.25, 0.3) is 0 Å². The van der Waals surface area contributed by atoms with Crippen LogP contribution in [-0.2, 0) is 14.8 Å². The molecule has 0 heterocycles. The number of allylic oxidation sites excluding steroid dienone is 1. The van der Waals surface area contributed by atoms with Gasteiger partial charge in [-0.3, -0.25) is 4.79 Å². The van der Waals surface area contributed by atoms with E-state index in [1.807, 2.05) is 0 Å². The van der Waals surface area contributed by atoms with Crippen LogP contribution >= 0.6 is 0 Å². The van der Waals surface area contributed by atoms with E-state index in [1.54, 1.807) is 6.92 Å². The van der Waals surface area contributed by atoms with Crippen molar-refractivity contribution in [2.45, 2.75) is 13.3 Å². The molecule has 0 saturated carbocycles. The van der Waals surface area contributed by atoms with E-state index in [-0.39, 0.29) is 11.7 Å². The molecule has 86 valence electrons. The van der Waals surface area contributed by atoms with Crippen molar-refractivity contribution in [3.05, 3.63) is 23.8 Å². The van der Waals surface area contributed by atoms with Crippen molar-refractivity contribution in [3.63, 3.8) is 0 Å². The molecule has 0 aliphatic rings. The molecule has 0 spiro atoms. The molecule has 0 aromatic rings. The van der Waals surface area contributed by atoms with Crippen molar-refractivity contribution in [1.29, 1.82) is 0 Å². The van der Waals surface area contributed by atoms with Crippen LogP contribution in [0, 0.1) is 0 Å². The van der Waals surface area contributed by atoms with Crippen LogP contribution in [0.4, 0.5) is 0 Å². The van der Waals surface area contributed by atoms with E-state index < -0.39 is 10.0 Å². The molecular weight excluding hydrogens is 216 g/mol. The molecule has 0 saturated heterocycles. The van der Waals surface area contributed by atoms with Gasteiger partial charge in [-0.2, -0.15) is 0 Å². The van der Waals surface area contributed by atoms with Crippen LogP contribution in [-0.4, -0.2) is 27.1 Å². The van der Waals surface area contributed by atoms with Crippen molar-refractivity contribution in [3.8, 4) is 0 Å². The fraction of sp³-hybridized carbons (Fsp3) is 0.444. The molecule has 1 amide bonds. The summed E-state index contributed by atoms with van der Waals surface area (Å²) in [6.45, 7) is 5.05. The monoisotopic (exact) mass is 232 g/mol. The molecule has 0 unspecified atom stereocenters. The number of hydrogen-bond donors (Lipinski definition) is 2. The maximum atomic E-state index is 11.3. The average Bonchev–Trinajstić information content (AvgIpc) is 2.13. The van der Waals surface area contributed by atoms with Gasteiger partial charge in [-0.15, -0.1) is 6.58 Å². The topological polar surface area (TPSA) is 89.3 Å². The maximum absolute atomic E-state index is 11.3. The fourth-order valence-corrected chi connectivity index (χ4v) is 1.91. The molecule has 0 aliphatic carbocycles. The summed E-state index contributed by atoms with van der Waals surface area (Å²) in [5.74, 6) is -0.631. The average molecular weight is 232 g/mol. The highest BCUT2D eigenvalue weighted by atomic mass is 32.2. The van der Waals surface area contributed by atoms with Crippen LogP contribution in [0.15, 0.2) is 23.8 Å². The van der Waals surface area contributed by atoms with E-state index in [9.17, 15) is 13.2 Å². The summed E-state index contributed by atoms with van der Waals surface area (Å²) >= 11 is 0. The van der Waals surface area contributed by atoms with Gasteiger partial charge in [0, 0.05) is 12.6 Å². The number of sulfonamides is 1. The highest BCUT2D eigenvalue weighted by Crippen LogP contribution is 2.11. The number of primary sulfonamides is 1. The van der Waals surface area contributed by atoms with Gasteiger partial charge in [0.2, 0.25) is 15.9 Å². The van der Waals surface area contributed by atoms with Gasteiger partial charge in [0.15, 0.2) is 0 Å². The van der Waals surface area contributed by atoms with E-state index in [0.29, 0.717) is 17.6 Å². The zero-order chi connectivity index (χ0) is 12.1. The minimum Gasteiger partial charge on any atom is -0.355 e. The summed E-state index contributed by atoms with van der Waals surface area (Å²) in [4.78, 5) is 11.3. The molecule has 0 aliphatic heterocycles. The smallest absolute Gasteiger partial charge is 0.246 e. The molecule has 0 rings (SSSR count). The quantitative estimate of drug-likeness (QED) is 0.513. The van der Waals surface area contributed by atoms with Gasteiger partial charge in [-0.05, 0) is 18.9 Å². The number of amides is 1. The summed E-state index contributed by atoms with van der Waals surface area (Å²) in [6, 6.07) is 0. The molecule has 0 atom stereocenters. The third kappa shape index (κ3) is 5.34. The Labute approximate surface area is 90.1 Å². The molecule has 15 heavy (non-hydrogen) atoms. The van der Waals surface area contributed by atoms with Crippen molar-refractivity contribution >= 4 is 15.9 Å². The minimum absolute atomic E-state index is 0.310. The summed E-state index contributed by atoms with van der Waals surface area (Å²) in [5, 5.41) is 7.34. The van der Waals surface area contributed by atoms with E-state index in [2.05, 4.69) is 11.9 Å². The van der Waals surface area contributed by atoms with E-state index in [1.165, 1.54) is 13.1 Å². The van der Waals surface area contributed by atoms with Gasteiger partial charge in [0.1, 0.15) is 0 Å². The number of nitrogens with one attached hydrogen (secondary N) is 1.